The molecule has 3 aliphatic rings. The molecule has 0 N–H and O–H groups in total. The second kappa shape index (κ2) is 7.19. The van der Waals surface area contributed by atoms with E-state index in [-0.39, 0.29) is 11.5 Å². The molecule has 11 heteroatoms. The first-order valence-corrected chi connectivity index (χ1v) is 11.6. The van der Waals surface area contributed by atoms with Gasteiger partial charge >= 0.3 is 6.18 Å². The Morgan fingerprint density at radius 3 is 2.71 bits per heavy atom. The first kappa shape index (κ1) is 22.3. The molecular weight excluding hydrogens is 481 g/mol. The molecule has 0 radical (unpaired) electrons. The molecule has 2 fully saturated rings. The molecule has 1 spiro atoms. The van der Waals surface area contributed by atoms with Crippen LogP contribution in [0.25, 0.3) is 11.4 Å². The summed E-state index contributed by atoms with van der Waals surface area (Å²) < 4.78 is 40.4. The van der Waals surface area contributed by atoms with Crippen molar-refractivity contribution >= 4 is 17.5 Å². The third-order valence-corrected chi connectivity index (χ3v) is 8.01. The number of nitrogens with zero attached hydrogens (tertiary/aromatic N) is 6. The number of fused-ring (bicyclic) bond motifs is 3. The van der Waals surface area contributed by atoms with E-state index in [4.69, 9.17) is 16.6 Å². The summed E-state index contributed by atoms with van der Waals surface area (Å²) in [6.07, 6.45) is 3.84. The number of aryl methyl sites for hydroxylation is 1. The molecule has 7 nitrogen and oxygen atoms in total. The number of rotatable bonds is 2. The summed E-state index contributed by atoms with van der Waals surface area (Å²) in [4.78, 5) is 37.2. The fourth-order valence-electron chi connectivity index (χ4n) is 6.09. The average molecular weight is 501 g/mol. The number of pyridine rings is 1. The number of carbonyl (C=O) groups is 1. The lowest BCUT2D eigenvalue weighted by Gasteiger charge is -2.54. The standard InChI is InChI=1S/C24H20ClF3N6O/c1-12-32-18(16-11-29-7-8-30-16)15-10-23-9-13(23)3-5-22(2,19(15)33-12)34(23)21(35)14-4-6-31-20(17(14)25)24(26,27)28/h4,6-8,11,13H,3,5,9-10H2,1-2H3. The zero-order chi connectivity index (χ0) is 24.8. The molecule has 35 heavy (non-hydrogen) atoms. The Labute approximate surface area is 203 Å². The summed E-state index contributed by atoms with van der Waals surface area (Å²) in [6, 6.07) is 1.26. The lowest BCUT2D eigenvalue weighted by molar-refractivity contribution is -0.141. The van der Waals surface area contributed by atoms with Gasteiger partial charge in [-0.15, -0.1) is 0 Å². The Bertz CT molecular complexity index is 1380. The van der Waals surface area contributed by atoms with Gasteiger partial charge in [-0.1, -0.05) is 11.6 Å². The Hall–Kier alpha value is -3.14. The fraction of sp³-hybridized carbons (Fsp3) is 0.417. The number of amides is 1. The molecule has 6 rings (SSSR count). The van der Waals surface area contributed by atoms with Crippen molar-refractivity contribution in [3.63, 3.8) is 0 Å². The predicted molar refractivity (Wildman–Crippen MR) is 119 cm³/mol. The van der Waals surface area contributed by atoms with Crippen LogP contribution in [0.1, 0.15) is 59.3 Å². The number of hydrogen-bond acceptors (Lipinski definition) is 6. The maximum atomic E-state index is 14.0. The molecule has 5 heterocycles. The van der Waals surface area contributed by atoms with Crippen molar-refractivity contribution in [1.82, 2.24) is 29.8 Å². The van der Waals surface area contributed by atoms with E-state index in [0.717, 1.165) is 24.6 Å². The number of halogens is 4. The van der Waals surface area contributed by atoms with Gasteiger partial charge < -0.3 is 4.90 Å². The molecule has 3 unspecified atom stereocenters. The van der Waals surface area contributed by atoms with Crippen LogP contribution in [0.2, 0.25) is 5.02 Å². The topological polar surface area (TPSA) is 84.8 Å². The molecule has 2 aliphatic heterocycles. The van der Waals surface area contributed by atoms with E-state index in [9.17, 15) is 18.0 Å². The Kier molecular flexibility index (Phi) is 4.59. The minimum Gasteiger partial charge on any atom is -0.321 e. The number of piperidine rings is 1. The van der Waals surface area contributed by atoms with E-state index >= 15 is 0 Å². The van der Waals surface area contributed by atoms with E-state index in [1.54, 1.807) is 30.4 Å². The molecule has 1 amide bonds. The number of carbonyl (C=O) groups excluding carboxylic acids is 1. The summed E-state index contributed by atoms with van der Waals surface area (Å²) >= 11 is 6.13. The van der Waals surface area contributed by atoms with Gasteiger partial charge in [0.2, 0.25) is 0 Å². The molecule has 2 bridgehead atoms. The molecule has 3 aromatic heterocycles. The van der Waals surface area contributed by atoms with Crippen LogP contribution in [0.4, 0.5) is 13.2 Å². The van der Waals surface area contributed by atoms with Gasteiger partial charge in [0.15, 0.2) is 5.69 Å². The van der Waals surface area contributed by atoms with E-state index in [1.165, 1.54) is 6.07 Å². The van der Waals surface area contributed by atoms with Crippen LogP contribution in [0, 0.1) is 12.8 Å². The smallest absolute Gasteiger partial charge is 0.321 e. The van der Waals surface area contributed by atoms with Gasteiger partial charge in [0, 0.05) is 30.6 Å². The van der Waals surface area contributed by atoms with Gasteiger partial charge in [-0.3, -0.25) is 19.7 Å². The monoisotopic (exact) mass is 500 g/mol. The molecule has 3 aromatic rings. The van der Waals surface area contributed by atoms with Gasteiger partial charge in [0.05, 0.1) is 39.2 Å². The van der Waals surface area contributed by atoms with E-state index in [1.807, 2.05) is 6.92 Å². The normalized spacial score (nSPS) is 26.7. The maximum absolute atomic E-state index is 14.0. The summed E-state index contributed by atoms with van der Waals surface area (Å²) in [5.41, 5.74) is 0.104. The minimum atomic E-state index is -4.77. The second-order valence-corrected chi connectivity index (χ2v) is 10.1. The van der Waals surface area contributed by atoms with Gasteiger partial charge in [0.1, 0.15) is 11.5 Å². The van der Waals surface area contributed by atoms with Crippen LogP contribution in [0.15, 0.2) is 30.9 Å². The highest BCUT2D eigenvalue weighted by molar-refractivity contribution is 6.34. The first-order chi connectivity index (χ1) is 16.6. The molecular formula is C24H20ClF3N6O. The quantitative estimate of drug-likeness (QED) is 0.503. The van der Waals surface area contributed by atoms with Gasteiger partial charge in [-0.05, 0) is 45.1 Å². The second-order valence-electron chi connectivity index (χ2n) is 9.69. The summed E-state index contributed by atoms with van der Waals surface area (Å²) in [5.74, 6) is 0.232. The summed E-state index contributed by atoms with van der Waals surface area (Å²) in [5, 5.41) is -0.676. The van der Waals surface area contributed by atoms with Gasteiger partial charge in [-0.2, -0.15) is 13.2 Å². The highest BCUT2D eigenvalue weighted by Crippen LogP contribution is 2.66. The largest absolute Gasteiger partial charge is 0.434 e. The van der Waals surface area contributed by atoms with Crippen molar-refractivity contribution in [3.05, 3.63) is 64.2 Å². The fourth-order valence-corrected chi connectivity index (χ4v) is 6.39. The summed E-state index contributed by atoms with van der Waals surface area (Å²) in [6.45, 7) is 3.71. The van der Waals surface area contributed by atoms with Crippen molar-refractivity contribution in [2.45, 2.75) is 56.8 Å². The van der Waals surface area contributed by atoms with Gasteiger partial charge in [0.25, 0.3) is 5.91 Å². The third-order valence-electron chi connectivity index (χ3n) is 7.63. The number of aromatic nitrogens is 5. The van der Waals surface area contributed by atoms with Crippen LogP contribution in [0.3, 0.4) is 0 Å². The highest BCUT2D eigenvalue weighted by atomic mass is 35.5. The Morgan fingerprint density at radius 1 is 1.20 bits per heavy atom. The summed E-state index contributed by atoms with van der Waals surface area (Å²) in [7, 11) is 0. The Morgan fingerprint density at radius 2 is 2.00 bits per heavy atom. The molecule has 1 saturated heterocycles. The van der Waals surface area contributed by atoms with Crippen molar-refractivity contribution in [3.8, 4) is 11.4 Å². The third kappa shape index (κ3) is 3.11. The number of alkyl halides is 3. The SMILES string of the molecule is Cc1nc(-c2cnccn2)c2c(n1)C1(C)CCC3CC3(C2)N1C(=O)c1ccnc(C(F)(F)F)c1Cl. The molecule has 180 valence electrons. The molecule has 1 saturated carbocycles. The lowest BCUT2D eigenvalue weighted by Crippen LogP contribution is -2.62. The van der Waals surface area contributed by atoms with Crippen LogP contribution in [-0.2, 0) is 18.1 Å². The molecule has 0 aromatic carbocycles. The average Bonchev–Trinajstić information content (AvgIpc) is 3.51. The minimum absolute atomic E-state index is 0.199. The highest BCUT2D eigenvalue weighted by Gasteiger charge is 2.70. The van der Waals surface area contributed by atoms with E-state index in [2.05, 4.69) is 19.9 Å². The van der Waals surface area contributed by atoms with E-state index in [0.29, 0.717) is 35.7 Å². The zero-order valence-corrected chi connectivity index (χ0v) is 19.7. The molecule has 1 aliphatic carbocycles. The van der Waals surface area contributed by atoms with Crippen molar-refractivity contribution in [2.75, 3.05) is 0 Å². The Balaban J connectivity index is 1.53. The molecule has 3 atom stereocenters. The van der Waals surface area contributed by atoms with Crippen molar-refractivity contribution in [1.29, 1.82) is 0 Å². The predicted octanol–water partition coefficient (Wildman–Crippen LogP) is 4.78. The van der Waals surface area contributed by atoms with Crippen LogP contribution in [0.5, 0.6) is 0 Å². The van der Waals surface area contributed by atoms with Crippen molar-refractivity contribution in [2.24, 2.45) is 5.92 Å². The lowest BCUT2D eigenvalue weighted by atomic mass is 9.72. The van der Waals surface area contributed by atoms with Crippen LogP contribution >= 0.6 is 11.6 Å². The zero-order valence-electron chi connectivity index (χ0n) is 18.9. The van der Waals surface area contributed by atoms with Crippen molar-refractivity contribution < 1.29 is 18.0 Å². The number of hydrogen-bond donors (Lipinski definition) is 0. The maximum Gasteiger partial charge on any atom is 0.434 e. The van der Waals surface area contributed by atoms with E-state index < -0.39 is 33.9 Å². The first-order valence-electron chi connectivity index (χ1n) is 11.3. The van der Waals surface area contributed by atoms with Crippen LogP contribution < -0.4 is 0 Å². The van der Waals surface area contributed by atoms with Crippen LogP contribution in [-0.4, -0.2) is 41.3 Å². The van der Waals surface area contributed by atoms with Gasteiger partial charge in [-0.25, -0.2) is 9.97 Å².